The fourth-order valence-corrected chi connectivity index (χ4v) is 2.85. The Hall–Kier alpha value is -0.930. The van der Waals surface area contributed by atoms with E-state index in [0.717, 1.165) is 19.1 Å². The van der Waals surface area contributed by atoms with E-state index in [4.69, 9.17) is 4.98 Å². The number of hydrogen-bond donors (Lipinski definition) is 1. The van der Waals surface area contributed by atoms with Crippen molar-refractivity contribution in [2.45, 2.75) is 64.2 Å². The summed E-state index contributed by atoms with van der Waals surface area (Å²) in [6, 6.07) is 7.93. The van der Waals surface area contributed by atoms with Crippen molar-refractivity contribution in [3.8, 4) is 0 Å². The summed E-state index contributed by atoms with van der Waals surface area (Å²) < 4.78 is 0. The first kappa shape index (κ1) is 13.1. The van der Waals surface area contributed by atoms with Crippen molar-refractivity contribution in [1.82, 2.24) is 15.2 Å². The largest absolute Gasteiger partial charge is 0.308 e. The molecule has 1 aliphatic heterocycles. The molecule has 0 spiro atoms. The first-order valence-corrected chi connectivity index (χ1v) is 7.73. The highest BCUT2D eigenvalue weighted by Gasteiger charge is 2.21. The van der Waals surface area contributed by atoms with Gasteiger partial charge in [0, 0.05) is 25.2 Å². The number of likely N-dealkylation sites (tertiary alicyclic amines) is 1. The Morgan fingerprint density at radius 3 is 2.84 bits per heavy atom. The molecule has 1 aromatic rings. The second-order valence-corrected chi connectivity index (χ2v) is 6.09. The summed E-state index contributed by atoms with van der Waals surface area (Å²) in [6.45, 7) is 5.51. The summed E-state index contributed by atoms with van der Waals surface area (Å²) in [7, 11) is 0. The van der Waals surface area contributed by atoms with E-state index in [1.807, 2.05) is 0 Å². The standard InChI is InChI=1S/C16H25N3/c1-13-5-2-3-10-19(13)12-16-7-4-6-15(18-16)11-17-14-8-9-14/h4,6-7,13-14,17H,2-3,5,8-12H2,1H3. The van der Waals surface area contributed by atoms with E-state index in [-0.39, 0.29) is 0 Å². The summed E-state index contributed by atoms with van der Waals surface area (Å²) in [5.41, 5.74) is 2.41. The predicted octanol–water partition coefficient (Wildman–Crippen LogP) is 2.71. The Morgan fingerprint density at radius 1 is 1.21 bits per heavy atom. The van der Waals surface area contributed by atoms with Crippen LogP contribution in [0, 0.1) is 0 Å². The number of aromatic nitrogens is 1. The zero-order valence-electron chi connectivity index (χ0n) is 11.9. The van der Waals surface area contributed by atoms with E-state index < -0.39 is 0 Å². The lowest BCUT2D eigenvalue weighted by Gasteiger charge is -2.33. The highest BCUT2D eigenvalue weighted by atomic mass is 15.2. The summed E-state index contributed by atoms with van der Waals surface area (Å²) in [5.74, 6) is 0. The van der Waals surface area contributed by atoms with Gasteiger partial charge < -0.3 is 5.32 Å². The molecule has 19 heavy (non-hydrogen) atoms. The highest BCUT2D eigenvalue weighted by Crippen LogP contribution is 2.20. The summed E-state index contributed by atoms with van der Waals surface area (Å²) >= 11 is 0. The Kier molecular flexibility index (Phi) is 4.14. The predicted molar refractivity (Wildman–Crippen MR) is 77.8 cm³/mol. The van der Waals surface area contributed by atoms with E-state index in [0.29, 0.717) is 6.04 Å². The molecular formula is C16H25N3. The van der Waals surface area contributed by atoms with Crippen LogP contribution >= 0.6 is 0 Å². The molecule has 0 bridgehead atoms. The fraction of sp³-hybridized carbons (Fsp3) is 0.688. The van der Waals surface area contributed by atoms with Crippen molar-refractivity contribution in [2.24, 2.45) is 0 Å². The van der Waals surface area contributed by atoms with Crippen LogP contribution in [0.3, 0.4) is 0 Å². The minimum atomic E-state index is 0.712. The molecule has 104 valence electrons. The van der Waals surface area contributed by atoms with E-state index >= 15 is 0 Å². The van der Waals surface area contributed by atoms with E-state index in [9.17, 15) is 0 Å². The third kappa shape index (κ3) is 3.77. The molecule has 3 nitrogen and oxygen atoms in total. The number of piperidine rings is 1. The lowest BCUT2D eigenvalue weighted by atomic mass is 10.0. The molecule has 1 N–H and O–H groups in total. The molecule has 0 amide bonds. The molecule has 1 aliphatic carbocycles. The maximum absolute atomic E-state index is 4.80. The molecule has 3 heteroatoms. The van der Waals surface area contributed by atoms with Crippen LogP contribution < -0.4 is 5.32 Å². The normalized spacial score (nSPS) is 24.6. The first-order chi connectivity index (χ1) is 9.31. The molecule has 1 saturated heterocycles. The average molecular weight is 259 g/mol. The topological polar surface area (TPSA) is 28.2 Å². The van der Waals surface area contributed by atoms with Gasteiger partial charge in [0.25, 0.3) is 0 Å². The van der Waals surface area contributed by atoms with Crippen molar-refractivity contribution in [1.29, 1.82) is 0 Å². The number of hydrogen-bond acceptors (Lipinski definition) is 3. The Bertz CT molecular complexity index is 414. The van der Waals surface area contributed by atoms with Gasteiger partial charge in [0.15, 0.2) is 0 Å². The minimum Gasteiger partial charge on any atom is -0.308 e. The summed E-state index contributed by atoms with van der Waals surface area (Å²) in [6.07, 6.45) is 6.74. The van der Waals surface area contributed by atoms with Crippen molar-refractivity contribution >= 4 is 0 Å². The Balaban J connectivity index is 1.58. The van der Waals surface area contributed by atoms with E-state index in [2.05, 4.69) is 35.3 Å². The highest BCUT2D eigenvalue weighted by molar-refractivity contribution is 5.11. The second-order valence-electron chi connectivity index (χ2n) is 6.09. The molecule has 1 atom stereocenters. The molecule has 0 radical (unpaired) electrons. The Labute approximate surface area is 116 Å². The molecule has 0 aromatic carbocycles. The molecule has 1 saturated carbocycles. The van der Waals surface area contributed by atoms with Gasteiger partial charge in [-0.1, -0.05) is 12.5 Å². The van der Waals surface area contributed by atoms with Gasteiger partial charge >= 0.3 is 0 Å². The van der Waals surface area contributed by atoms with E-state index in [1.165, 1.54) is 50.0 Å². The van der Waals surface area contributed by atoms with Crippen LogP contribution in [-0.4, -0.2) is 28.5 Å². The van der Waals surface area contributed by atoms with Gasteiger partial charge in [0.05, 0.1) is 11.4 Å². The van der Waals surface area contributed by atoms with Crippen molar-refractivity contribution in [2.75, 3.05) is 6.54 Å². The number of nitrogens with one attached hydrogen (secondary N) is 1. The fourth-order valence-electron chi connectivity index (χ4n) is 2.85. The monoisotopic (exact) mass is 259 g/mol. The van der Waals surface area contributed by atoms with Crippen molar-refractivity contribution < 1.29 is 0 Å². The molecule has 1 unspecified atom stereocenters. The van der Waals surface area contributed by atoms with Crippen LogP contribution in [0.1, 0.15) is 50.4 Å². The smallest absolute Gasteiger partial charge is 0.0547 e. The van der Waals surface area contributed by atoms with Gasteiger partial charge in [-0.25, -0.2) is 0 Å². The van der Waals surface area contributed by atoms with Crippen molar-refractivity contribution in [3.05, 3.63) is 29.6 Å². The molecular weight excluding hydrogens is 234 g/mol. The maximum atomic E-state index is 4.80. The van der Waals surface area contributed by atoms with Crippen molar-refractivity contribution in [3.63, 3.8) is 0 Å². The van der Waals surface area contributed by atoms with Gasteiger partial charge in [0.1, 0.15) is 0 Å². The van der Waals surface area contributed by atoms with Crippen LogP contribution in [0.5, 0.6) is 0 Å². The minimum absolute atomic E-state index is 0.712. The van der Waals surface area contributed by atoms with Crippen LogP contribution in [0.2, 0.25) is 0 Å². The number of nitrogens with zero attached hydrogens (tertiary/aromatic N) is 2. The molecule has 2 aliphatic rings. The van der Waals surface area contributed by atoms with Gasteiger partial charge in [-0.2, -0.15) is 0 Å². The van der Waals surface area contributed by atoms with Crippen LogP contribution in [0.25, 0.3) is 0 Å². The van der Waals surface area contributed by atoms with Crippen LogP contribution in [0.4, 0.5) is 0 Å². The lowest BCUT2D eigenvalue weighted by Crippen LogP contribution is -2.37. The van der Waals surface area contributed by atoms with Gasteiger partial charge in [0.2, 0.25) is 0 Å². The molecule has 3 rings (SSSR count). The number of pyridine rings is 1. The number of rotatable bonds is 5. The quantitative estimate of drug-likeness (QED) is 0.881. The second kappa shape index (κ2) is 6.02. The zero-order valence-corrected chi connectivity index (χ0v) is 11.9. The lowest BCUT2D eigenvalue weighted by molar-refractivity contribution is 0.151. The van der Waals surface area contributed by atoms with E-state index in [1.54, 1.807) is 0 Å². The van der Waals surface area contributed by atoms with Gasteiger partial charge in [-0.05, 0) is 51.3 Å². The van der Waals surface area contributed by atoms with Gasteiger partial charge in [-0.15, -0.1) is 0 Å². The molecule has 2 heterocycles. The Morgan fingerprint density at radius 2 is 2.05 bits per heavy atom. The van der Waals surface area contributed by atoms with Gasteiger partial charge in [-0.3, -0.25) is 9.88 Å². The third-order valence-corrected chi connectivity index (χ3v) is 4.32. The van der Waals surface area contributed by atoms with Crippen LogP contribution in [-0.2, 0) is 13.1 Å². The third-order valence-electron chi connectivity index (χ3n) is 4.32. The SMILES string of the molecule is CC1CCCCN1Cc1cccc(CNC2CC2)n1. The summed E-state index contributed by atoms with van der Waals surface area (Å²) in [5, 5.41) is 3.54. The average Bonchev–Trinajstić information content (AvgIpc) is 3.24. The summed E-state index contributed by atoms with van der Waals surface area (Å²) in [4.78, 5) is 7.37. The van der Waals surface area contributed by atoms with Crippen LogP contribution in [0.15, 0.2) is 18.2 Å². The molecule has 2 fully saturated rings. The first-order valence-electron chi connectivity index (χ1n) is 7.73. The maximum Gasteiger partial charge on any atom is 0.0547 e. The zero-order chi connectivity index (χ0) is 13.1. The molecule has 1 aromatic heterocycles.